The second kappa shape index (κ2) is 10.8. The highest BCUT2D eigenvalue weighted by molar-refractivity contribution is 14.0. The summed E-state index contributed by atoms with van der Waals surface area (Å²) in [5.41, 5.74) is 6.88. The fourth-order valence-electron chi connectivity index (χ4n) is 3.06. The van der Waals surface area contributed by atoms with Crippen LogP contribution in [-0.2, 0) is 0 Å². The first kappa shape index (κ1) is 21.0. The van der Waals surface area contributed by atoms with Crippen molar-refractivity contribution in [2.45, 2.75) is 12.8 Å². The summed E-state index contributed by atoms with van der Waals surface area (Å²) in [5.74, 6) is 1.97. The molecule has 0 aromatic heterocycles. The van der Waals surface area contributed by atoms with Gasteiger partial charge in [0.05, 0.1) is 19.8 Å². The third-order valence-corrected chi connectivity index (χ3v) is 4.53. The minimum absolute atomic E-state index is 0. The van der Waals surface area contributed by atoms with Gasteiger partial charge in [0, 0.05) is 37.8 Å². The number of likely N-dealkylation sites (N-methyl/N-ethyl adjacent to an activating group) is 1. The molecule has 0 saturated carbocycles. The highest BCUT2D eigenvalue weighted by Gasteiger charge is 2.12. The van der Waals surface area contributed by atoms with E-state index < -0.39 is 0 Å². The number of guanidine groups is 1. The minimum atomic E-state index is 0. The average molecular weight is 475 g/mol. The summed E-state index contributed by atoms with van der Waals surface area (Å²) in [7, 11) is 2.18. The van der Waals surface area contributed by atoms with E-state index in [2.05, 4.69) is 27.2 Å². The summed E-state index contributed by atoms with van der Waals surface area (Å²) in [6, 6.07) is 5.75. The monoisotopic (exact) mass is 475 g/mol. The molecule has 1 fully saturated rings. The second-order valence-electron chi connectivity index (χ2n) is 6.60. The first-order valence-corrected chi connectivity index (χ1v) is 9.08. The predicted octanol–water partition coefficient (Wildman–Crippen LogP) is 1.83. The van der Waals surface area contributed by atoms with Gasteiger partial charge in [-0.3, -0.25) is 4.99 Å². The van der Waals surface area contributed by atoms with Crippen LogP contribution in [-0.4, -0.2) is 75.3 Å². The first-order valence-electron chi connectivity index (χ1n) is 9.08. The van der Waals surface area contributed by atoms with Crippen LogP contribution in [0.1, 0.15) is 12.8 Å². The van der Waals surface area contributed by atoms with Crippen LogP contribution in [0.4, 0.5) is 5.69 Å². The van der Waals surface area contributed by atoms with E-state index in [9.17, 15) is 0 Å². The van der Waals surface area contributed by atoms with Gasteiger partial charge < -0.3 is 30.3 Å². The number of hydrogen-bond donors (Lipinski definition) is 2. The molecule has 0 bridgehead atoms. The van der Waals surface area contributed by atoms with E-state index in [0.29, 0.717) is 25.7 Å². The normalized spacial score (nSPS) is 19.2. The number of nitrogens with two attached hydrogens (primary N) is 1. The van der Waals surface area contributed by atoms with Crippen molar-refractivity contribution in [1.82, 2.24) is 9.80 Å². The lowest BCUT2D eigenvalue weighted by atomic mass is 10.3. The molecule has 0 spiro atoms. The Labute approximate surface area is 172 Å². The standard InChI is InChI=1S/C18H29N5O2.HI/c1-22-7-2-8-23(11-10-22)9-6-20-18(19)21-15-4-5-16-17(14-15)25-13-3-12-24-16;/h4-5,14H,2-3,6-13H2,1H3,(H3,19,20,21);1H. The number of fused-ring (bicyclic) bond motifs is 1. The van der Waals surface area contributed by atoms with Crippen molar-refractivity contribution in [1.29, 1.82) is 0 Å². The van der Waals surface area contributed by atoms with Crippen molar-refractivity contribution in [3.8, 4) is 11.5 Å². The lowest BCUT2D eigenvalue weighted by molar-refractivity contribution is 0.283. The summed E-state index contributed by atoms with van der Waals surface area (Å²) in [6.07, 6.45) is 2.11. The fourth-order valence-corrected chi connectivity index (χ4v) is 3.06. The molecule has 2 aliphatic heterocycles. The Kier molecular flexibility index (Phi) is 8.73. The molecule has 0 atom stereocenters. The van der Waals surface area contributed by atoms with Crippen molar-refractivity contribution in [3.63, 3.8) is 0 Å². The number of nitrogens with one attached hydrogen (secondary N) is 1. The lowest BCUT2D eigenvalue weighted by Gasteiger charge is -2.18. The SMILES string of the molecule is CN1CCCN(CCN=C(N)Nc2ccc3c(c2)OCCCO3)CC1.I. The molecule has 0 amide bonds. The van der Waals surface area contributed by atoms with E-state index in [4.69, 9.17) is 15.2 Å². The molecule has 0 aliphatic carbocycles. The van der Waals surface area contributed by atoms with Crippen molar-refractivity contribution < 1.29 is 9.47 Å². The van der Waals surface area contributed by atoms with Crippen molar-refractivity contribution in [2.75, 3.05) is 64.8 Å². The summed E-state index contributed by atoms with van der Waals surface area (Å²) in [6.45, 7) is 7.53. The van der Waals surface area contributed by atoms with Gasteiger partial charge in [-0.25, -0.2) is 0 Å². The number of anilines is 1. The number of nitrogens with zero attached hydrogens (tertiary/aromatic N) is 3. The number of ether oxygens (including phenoxy) is 2. The van der Waals surface area contributed by atoms with Gasteiger partial charge in [0.2, 0.25) is 0 Å². The van der Waals surface area contributed by atoms with Crippen LogP contribution < -0.4 is 20.5 Å². The zero-order valence-electron chi connectivity index (χ0n) is 15.4. The maximum atomic E-state index is 6.02. The number of aliphatic imine (C=N–C) groups is 1. The van der Waals surface area contributed by atoms with Gasteiger partial charge in [-0.15, -0.1) is 24.0 Å². The predicted molar refractivity (Wildman–Crippen MR) is 116 cm³/mol. The molecule has 3 N–H and O–H groups in total. The summed E-state index contributed by atoms with van der Waals surface area (Å²) >= 11 is 0. The fraction of sp³-hybridized carbons (Fsp3) is 0.611. The highest BCUT2D eigenvalue weighted by Crippen LogP contribution is 2.32. The molecule has 1 aromatic carbocycles. The van der Waals surface area contributed by atoms with Crippen molar-refractivity contribution in [3.05, 3.63) is 18.2 Å². The van der Waals surface area contributed by atoms with E-state index in [1.54, 1.807) is 0 Å². The maximum Gasteiger partial charge on any atom is 0.193 e. The molecule has 0 unspecified atom stereocenters. The third kappa shape index (κ3) is 6.48. The van der Waals surface area contributed by atoms with Crippen LogP contribution in [0.2, 0.25) is 0 Å². The molecule has 2 aliphatic rings. The zero-order valence-corrected chi connectivity index (χ0v) is 17.8. The quantitative estimate of drug-likeness (QED) is 0.393. The molecule has 0 radical (unpaired) electrons. The van der Waals surface area contributed by atoms with Gasteiger partial charge in [0.15, 0.2) is 17.5 Å². The maximum absolute atomic E-state index is 6.02. The largest absolute Gasteiger partial charge is 0.490 e. The Morgan fingerprint density at radius 2 is 1.92 bits per heavy atom. The molecule has 26 heavy (non-hydrogen) atoms. The van der Waals surface area contributed by atoms with E-state index in [-0.39, 0.29) is 24.0 Å². The van der Waals surface area contributed by atoms with Crippen molar-refractivity contribution in [2.24, 2.45) is 10.7 Å². The Bertz CT molecular complexity index is 599. The lowest BCUT2D eigenvalue weighted by Crippen LogP contribution is -2.32. The van der Waals surface area contributed by atoms with E-state index in [1.165, 1.54) is 13.0 Å². The molecule has 2 heterocycles. The minimum Gasteiger partial charge on any atom is -0.490 e. The van der Waals surface area contributed by atoms with Crippen LogP contribution in [0.3, 0.4) is 0 Å². The van der Waals surface area contributed by atoms with Gasteiger partial charge in [0.1, 0.15) is 0 Å². The number of hydrogen-bond acceptors (Lipinski definition) is 5. The van der Waals surface area contributed by atoms with Crippen molar-refractivity contribution >= 4 is 35.6 Å². The Hall–Kier alpha value is -1.26. The molecule has 1 saturated heterocycles. The van der Waals surface area contributed by atoms with Gasteiger partial charge in [-0.05, 0) is 38.7 Å². The van der Waals surface area contributed by atoms with Gasteiger partial charge >= 0.3 is 0 Å². The number of benzene rings is 1. The van der Waals surface area contributed by atoms with E-state index in [1.807, 2.05) is 18.2 Å². The molecule has 146 valence electrons. The number of halogens is 1. The zero-order chi connectivity index (χ0) is 17.5. The smallest absolute Gasteiger partial charge is 0.193 e. The van der Waals surface area contributed by atoms with Crippen LogP contribution in [0, 0.1) is 0 Å². The molecule has 3 rings (SSSR count). The third-order valence-electron chi connectivity index (χ3n) is 4.53. The van der Waals surface area contributed by atoms with E-state index in [0.717, 1.165) is 49.8 Å². The molecule has 7 nitrogen and oxygen atoms in total. The number of rotatable bonds is 4. The summed E-state index contributed by atoms with van der Waals surface area (Å²) in [5, 5.41) is 3.14. The molecule has 8 heteroatoms. The highest BCUT2D eigenvalue weighted by atomic mass is 127. The van der Waals surface area contributed by atoms with Crippen LogP contribution in [0.5, 0.6) is 11.5 Å². The average Bonchev–Trinajstić information content (AvgIpc) is 2.95. The first-order chi connectivity index (χ1) is 12.2. The van der Waals surface area contributed by atoms with Crippen LogP contribution >= 0.6 is 24.0 Å². The summed E-state index contributed by atoms with van der Waals surface area (Å²) < 4.78 is 11.3. The topological polar surface area (TPSA) is 75.4 Å². The molecular weight excluding hydrogens is 445 g/mol. The van der Waals surface area contributed by atoms with Gasteiger partial charge in [0.25, 0.3) is 0 Å². The van der Waals surface area contributed by atoms with Crippen LogP contribution in [0.15, 0.2) is 23.2 Å². The van der Waals surface area contributed by atoms with Gasteiger partial charge in [-0.2, -0.15) is 0 Å². The Morgan fingerprint density at radius 1 is 1.12 bits per heavy atom. The second-order valence-corrected chi connectivity index (χ2v) is 6.60. The molecular formula is C18H30IN5O2. The summed E-state index contributed by atoms with van der Waals surface area (Å²) in [4.78, 5) is 9.28. The Balaban J connectivity index is 0.00000243. The molecule has 1 aromatic rings. The van der Waals surface area contributed by atoms with E-state index >= 15 is 0 Å². The van der Waals surface area contributed by atoms with Crippen LogP contribution in [0.25, 0.3) is 0 Å². The Morgan fingerprint density at radius 3 is 2.77 bits per heavy atom. The van der Waals surface area contributed by atoms with Gasteiger partial charge in [-0.1, -0.05) is 0 Å².